The lowest BCUT2D eigenvalue weighted by atomic mass is 9.94. The van der Waals surface area contributed by atoms with E-state index in [2.05, 4.69) is 22.5 Å². The van der Waals surface area contributed by atoms with Crippen LogP contribution in [0.15, 0.2) is 40.9 Å². The van der Waals surface area contributed by atoms with Crippen molar-refractivity contribution in [3.05, 3.63) is 68.3 Å². The zero-order valence-electron chi connectivity index (χ0n) is 13.0. The lowest BCUT2D eigenvalue weighted by Gasteiger charge is -2.24. The van der Waals surface area contributed by atoms with E-state index in [0.29, 0.717) is 23.3 Å². The normalized spacial score (nSPS) is 15.4. The first-order valence-electron chi connectivity index (χ1n) is 7.62. The van der Waals surface area contributed by atoms with Crippen LogP contribution >= 0.6 is 11.3 Å². The summed E-state index contributed by atoms with van der Waals surface area (Å²) in [7, 11) is 0. The third-order valence-electron chi connectivity index (χ3n) is 4.25. The average Bonchev–Trinajstić information content (AvgIpc) is 2.98. The van der Waals surface area contributed by atoms with Gasteiger partial charge >= 0.3 is 0 Å². The summed E-state index contributed by atoms with van der Waals surface area (Å²) in [6, 6.07) is 9.90. The molecule has 4 nitrogen and oxygen atoms in total. The number of aliphatic hydroxyl groups excluding tert-OH is 1. The second kappa shape index (κ2) is 5.06. The number of rotatable bonds is 1. The largest absolute Gasteiger partial charge is 0.512 e. The first kappa shape index (κ1) is 14.2. The predicted molar refractivity (Wildman–Crippen MR) is 93.1 cm³/mol. The molecule has 1 aliphatic heterocycles. The molecule has 1 aliphatic rings. The second-order valence-corrected chi connectivity index (χ2v) is 6.84. The predicted octanol–water partition coefficient (Wildman–Crippen LogP) is 3.72. The van der Waals surface area contributed by atoms with Crippen molar-refractivity contribution in [2.75, 3.05) is 0 Å². The molecule has 116 valence electrons. The monoisotopic (exact) mass is 324 g/mol. The molecule has 0 saturated heterocycles. The molecular formula is C18H16N2O2S. The smallest absolute Gasteiger partial charge is 0.281 e. The highest BCUT2D eigenvalue weighted by Gasteiger charge is 2.26. The number of benzene rings is 1. The molecule has 1 aromatic carbocycles. The van der Waals surface area contributed by atoms with Crippen molar-refractivity contribution < 1.29 is 5.11 Å². The zero-order valence-corrected chi connectivity index (χ0v) is 13.8. The van der Waals surface area contributed by atoms with E-state index in [0.717, 1.165) is 22.4 Å². The van der Waals surface area contributed by atoms with E-state index >= 15 is 0 Å². The molecule has 0 radical (unpaired) electrons. The molecule has 0 fully saturated rings. The van der Waals surface area contributed by atoms with Crippen molar-refractivity contribution in [1.82, 2.24) is 9.55 Å². The number of nitrogens with zero attached hydrogens (tertiary/aromatic N) is 2. The van der Waals surface area contributed by atoms with Crippen LogP contribution in [0.3, 0.4) is 0 Å². The van der Waals surface area contributed by atoms with Crippen LogP contribution in [0.4, 0.5) is 0 Å². The number of fused-ring (bicyclic) bond motifs is 4. The van der Waals surface area contributed by atoms with Crippen LogP contribution in [0.2, 0.25) is 0 Å². The van der Waals surface area contributed by atoms with Gasteiger partial charge in [-0.3, -0.25) is 4.79 Å². The van der Waals surface area contributed by atoms with E-state index in [4.69, 9.17) is 0 Å². The Balaban J connectivity index is 2.12. The first-order valence-corrected chi connectivity index (χ1v) is 8.43. The molecule has 0 spiro atoms. The molecule has 0 bridgehead atoms. The van der Waals surface area contributed by atoms with Crippen LogP contribution in [0, 0.1) is 0 Å². The second-order valence-electron chi connectivity index (χ2n) is 5.73. The fourth-order valence-electron chi connectivity index (χ4n) is 3.16. The van der Waals surface area contributed by atoms with Crippen LogP contribution < -0.4 is 5.56 Å². The lowest BCUT2D eigenvalue weighted by molar-refractivity contribution is 0.416. The Morgan fingerprint density at radius 1 is 1.39 bits per heavy atom. The van der Waals surface area contributed by atoms with E-state index in [1.165, 1.54) is 4.88 Å². The number of hydrogen-bond donors (Lipinski definition) is 1. The summed E-state index contributed by atoms with van der Waals surface area (Å²) in [5.41, 5.74) is 2.50. The Morgan fingerprint density at radius 3 is 2.91 bits per heavy atom. The van der Waals surface area contributed by atoms with Crippen LogP contribution in [0.5, 0.6) is 0 Å². The molecule has 0 unspecified atom stereocenters. The zero-order chi connectivity index (χ0) is 16.1. The summed E-state index contributed by atoms with van der Waals surface area (Å²) in [4.78, 5) is 18.8. The van der Waals surface area contributed by atoms with Crippen molar-refractivity contribution in [2.24, 2.45) is 0 Å². The van der Waals surface area contributed by atoms with Gasteiger partial charge in [0.15, 0.2) is 0 Å². The maximum absolute atomic E-state index is 12.4. The van der Waals surface area contributed by atoms with Gasteiger partial charge < -0.3 is 9.67 Å². The van der Waals surface area contributed by atoms with Crippen LogP contribution in [-0.4, -0.2) is 14.7 Å². The van der Waals surface area contributed by atoms with Crippen molar-refractivity contribution in [1.29, 1.82) is 0 Å². The fraction of sp³-hybridized carbons (Fsp3) is 0.222. The quantitative estimate of drug-likeness (QED) is 0.543. The van der Waals surface area contributed by atoms with Gasteiger partial charge in [0.05, 0.1) is 17.5 Å². The number of allylic oxidation sites excluding steroid dienone is 1. The number of hydrogen-bond acceptors (Lipinski definition) is 4. The van der Waals surface area contributed by atoms with Crippen molar-refractivity contribution >= 4 is 27.1 Å². The summed E-state index contributed by atoms with van der Waals surface area (Å²) >= 11 is 1.63. The van der Waals surface area contributed by atoms with Gasteiger partial charge in [0, 0.05) is 4.88 Å². The molecule has 3 aromatic rings. The highest BCUT2D eigenvalue weighted by atomic mass is 32.1. The summed E-state index contributed by atoms with van der Waals surface area (Å²) in [5.74, 6) is 0.745. The third-order valence-corrected chi connectivity index (χ3v) is 5.55. The molecule has 2 aromatic heterocycles. The number of thiophene rings is 1. The SMILES string of the molecule is CCc1cc2c(=O)nc3n(c2s1)Cc1ccccc1C3=C(C)O. The van der Waals surface area contributed by atoms with Crippen molar-refractivity contribution in [2.45, 2.75) is 26.8 Å². The van der Waals surface area contributed by atoms with Crippen molar-refractivity contribution in [3.8, 4) is 0 Å². The molecule has 5 heteroatoms. The van der Waals surface area contributed by atoms with Gasteiger partial charge in [-0.2, -0.15) is 4.98 Å². The third kappa shape index (κ3) is 2.04. The molecule has 4 rings (SSSR count). The maximum atomic E-state index is 12.4. The Hall–Kier alpha value is -2.40. The van der Waals surface area contributed by atoms with Gasteiger partial charge in [-0.1, -0.05) is 31.2 Å². The van der Waals surface area contributed by atoms with Gasteiger partial charge in [-0.05, 0) is 30.5 Å². The molecule has 1 N–H and O–H groups in total. The standard InChI is InChI=1S/C18H16N2O2S/c1-3-12-8-14-17(22)19-16-15(10(2)21)13-7-5-4-6-11(13)9-20(16)18(14)23-12/h4-8,21H,3,9H2,1-2H3. The van der Waals surface area contributed by atoms with Gasteiger partial charge in [0.2, 0.25) is 0 Å². The van der Waals surface area contributed by atoms with E-state index in [-0.39, 0.29) is 11.3 Å². The Bertz CT molecular complexity index is 1020. The summed E-state index contributed by atoms with van der Waals surface area (Å²) in [5, 5.41) is 10.9. The van der Waals surface area contributed by atoms with Gasteiger partial charge in [0.1, 0.15) is 16.4 Å². The van der Waals surface area contributed by atoms with Crippen molar-refractivity contribution in [3.63, 3.8) is 0 Å². The molecule has 0 saturated carbocycles. The van der Waals surface area contributed by atoms with Crippen LogP contribution in [0.25, 0.3) is 15.8 Å². The molecule has 23 heavy (non-hydrogen) atoms. The number of aromatic nitrogens is 2. The number of aryl methyl sites for hydroxylation is 1. The maximum Gasteiger partial charge on any atom is 0.281 e. The van der Waals surface area contributed by atoms with Gasteiger partial charge in [-0.25, -0.2) is 0 Å². The minimum Gasteiger partial charge on any atom is -0.512 e. The Labute approximate surface area is 137 Å². The van der Waals surface area contributed by atoms with E-state index in [1.807, 2.05) is 24.3 Å². The molecular weight excluding hydrogens is 308 g/mol. The lowest BCUT2D eigenvalue weighted by Crippen LogP contribution is -2.23. The summed E-state index contributed by atoms with van der Waals surface area (Å²) in [6.07, 6.45) is 0.895. The van der Waals surface area contributed by atoms with E-state index < -0.39 is 0 Å². The van der Waals surface area contributed by atoms with Crippen LogP contribution in [-0.2, 0) is 13.0 Å². The van der Waals surface area contributed by atoms with E-state index in [9.17, 15) is 9.90 Å². The Morgan fingerprint density at radius 2 is 2.17 bits per heavy atom. The minimum absolute atomic E-state index is 0.185. The number of aliphatic hydroxyl groups is 1. The van der Waals surface area contributed by atoms with Crippen LogP contribution in [0.1, 0.15) is 35.7 Å². The van der Waals surface area contributed by atoms with Gasteiger partial charge in [-0.15, -0.1) is 11.3 Å². The minimum atomic E-state index is -0.222. The Kier molecular flexibility index (Phi) is 3.13. The highest BCUT2D eigenvalue weighted by molar-refractivity contribution is 7.18. The molecule has 3 heterocycles. The average molecular weight is 324 g/mol. The molecule has 0 aliphatic carbocycles. The highest BCUT2D eigenvalue weighted by Crippen LogP contribution is 2.35. The molecule has 0 amide bonds. The topological polar surface area (TPSA) is 55.1 Å². The summed E-state index contributed by atoms with van der Waals surface area (Å²) in [6.45, 7) is 4.39. The fourth-order valence-corrected chi connectivity index (χ4v) is 4.25. The summed E-state index contributed by atoms with van der Waals surface area (Å²) < 4.78 is 2.05. The first-order chi connectivity index (χ1) is 11.1. The van der Waals surface area contributed by atoms with Gasteiger partial charge in [0.25, 0.3) is 5.56 Å². The molecule has 0 atom stereocenters. The van der Waals surface area contributed by atoms with E-state index in [1.54, 1.807) is 18.3 Å².